The summed E-state index contributed by atoms with van der Waals surface area (Å²) in [5, 5.41) is 11.4. The monoisotopic (exact) mass is 265 g/mol. The molecule has 1 atom stereocenters. The lowest BCUT2D eigenvalue weighted by Gasteiger charge is -2.08. The second kappa shape index (κ2) is 7.43. The number of ether oxygens (including phenoxy) is 2. The highest BCUT2D eigenvalue weighted by molar-refractivity contribution is 5.92. The minimum atomic E-state index is -0.262. The second-order valence-corrected chi connectivity index (χ2v) is 4.04. The molecule has 5 heteroatoms. The predicted molar refractivity (Wildman–Crippen MR) is 73.3 cm³/mol. The highest BCUT2D eigenvalue weighted by Crippen LogP contribution is 2.27. The van der Waals surface area contributed by atoms with Gasteiger partial charge >= 0.3 is 0 Å². The maximum atomic E-state index is 11.5. The summed E-state index contributed by atoms with van der Waals surface area (Å²) < 4.78 is 10.3. The third-order valence-electron chi connectivity index (χ3n) is 2.50. The van der Waals surface area contributed by atoms with Gasteiger partial charge in [0.2, 0.25) is 5.91 Å². The first-order valence-corrected chi connectivity index (χ1v) is 5.92. The average molecular weight is 265 g/mol. The summed E-state index contributed by atoms with van der Waals surface area (Å²) in [6.45, 7) is 1.64. The standard InChI is InChI=1S/C14H19NO4/c1-10(9-16)15-14(17)7-5-11-4-6-12(18-2)13(8-11)19-3/h4-8,10,16H,9H2,1-3H3,(H,15,17)/b7-5+. The van der Waals surface area contributed by atoms with E-state index in [2.05, 4.69) is 5.32 Å². The molecule has 0 saturated heterocycles. The molecule has 0 aliphatic rings. The van der Waals surface area contributed by atoms with Crippen molar-refractivity contribution in [3.63, 3.8) is 0 Å². The van der Waals surface area contributed by atoms with Crippen LogP contribution in [0.15, 0.2) is 24.3 Å². The first-order valence-electron chi connectivity index (χ1n) is 5.92. The van der Waals surface area contributed by atoms with E-state index >= 15 is 0 Å². The minimum Gasteiger partial charge on any atom is -0.493 e. The molecular formula is C14H19NO4. The van der Waals surface area contributed by atoms with Crippen LogP contribution in [0.4, 0.5) is 0 Å². The van der Waals surface area contributed by atoms with Crippen molar-refractivity contribution in [2.75, 3.05) is 20.8 Å². The molecule has 0 spiro atoms. The Morgan fingerprint density at radius 3 is 2.63 bits per heavy atom. The molecule has 0 aliphatic heterocycles. The van der Waals surface area contributed by atoms with Gasteiger partial charge in [-0.2, -0.15) is 0 Å². The molecule has 1 aromatic rings. The van der Waals surface area contributed by atoms with Gasteiger partial charge in [0.05, 0.1) is 20.8 Å². The molecule has 0 aliphatic carbocycles. The van der Waals surface area contributed by atoms with Gasteiger partial charge in [-0.15, -0.1) is 0 Å². The number of carbonyl (C=O) groups excluding carboxylic acids is 1. The first-order chi connectivity index (χ1) is 9.10. The fourth-order valence-corrected chi connectivity index (χ4v) is 1.47. The van der Waals surface area contributed by atoms with E-state index in [-0.39, 0.29) is 18.6 Å². The number of nitrogens with one attached hydrogen (secondary N) is 1. The molecular weight excluding hydrogens is 246 g/mol. The van der Waals surface area contributed by atoms with Crippen molar-refractivity contribution >= 4 is 12.0 Å². The van der Waals surface area contributed by atoms with Gasteiger partial charge in [-0.25, -0.2) is 0 Å². The summed E-state index contributed by atoms with van der Waals surface area (Å²) in [6, 6.07) is 5.10. The van der Waals surface area contributed by atoms with Gasteiger partial charge in [-0.3, -0.25) is 4.79 Å². The van der Waals surface area contributed by atoms with Gasteiger partial charge in [0.15, 0.2) is 11.5 Å². The number of rotatable bonds is 6. The summed E-state index contributed by atoms with van der Waals surface area (Å²) in [6.07, 6.45) is 3.08. The topological polar surface area (TPSA) is 67.8 Å². The van der Waals surface area contributed by atoms with Crippen molar-refractivity contribution in [3.8, 4) is 11.5 Å². The quantitative estimate of drug-likeness (QED) is 0.759. The van der Waals surface area contributed by atoms with Crippen molar-refractivity contribution in [1.82, 2.24) is 5.32 Å². The van der Waals surface area contributed by atoms with Gasteiger partial charge in [0.1, 0.15) is 0 Å². The summed E-state index contributed by atoms with van der Waals surface area (Å²) in [5.41, 5.74) is 0.824. The zero-order chi connectivity index (χ0) is 14.3. The lowest BCUT2D eigenvalue weighted by Crippen LogP contribution is -2.33. The lowest BCUT2D eigenvalue weighted by molar-refractivity contribution is -0.117. The molecule has 0 saturated carbocycles. The molecule has 0 radical (unpaired) electrons. The van der Waals surface area contributed by atoms with E-state index in [1.807, 2.05) is 6.07 Å². The molecule has 0 bridgehead atoms. The molecule has 19 heavy (non-hydrogen) atoms. The Hall–Kier alpha value is -2.01. The van der Waals surface area contributed by atoms with Gasteiger partial charge < -0.3 is 19.9 Å². The first kappa shape index (κ1) is 15.0. The van der Waals surface area contributed by atoms with Crippen molar-refractivity contribution in [1.29, 1.82) is 0 Å². The molecule has 5 nitrogen and oxygen atoms in total. The second-order valence-electron chi connectivity index (χ2n) is 4.04. The number of benzene rings is 1. The Morgan fingerprint density at radius 1 is 1.37 bits per heavy atom. The van der Waals surface area contributed by atoms with Crippen molar-refractivity contribution in [2.24, 2.45) is 0 Å². The number of aliphatic hydroxyl groups excluding tert-OH is 1. The molecule has 2 N–H and O–H groups in total. The number of hydrogen-bond acceptors (Lipinski definition) is 4. The van der Waals surface area contributed by atoms with E-state index in [0.717, 1.165) is 5.56 Å². The lowest BCUT2D eigenvalue weighted by atomic mass is 10.2. The number of methoxy groups -OCH3 is 2. The van der Waals surface area contributed by atoms with E-state index in [1.165, 1.54) is 6.08 Å². The summed E-state index contributed by atoms with van der Waals surface area (Å²) in [5.74, 6) is 0.989. The highest BCUT2D eigenvalue weighted by atomic mass is 16.5. The smallest absolute Gasteiger partial charge is 0.244 e. The van der Waals surface area contributed by atoms with Crippen molar-refractivity contribution in [2.45, 2.75) is 13.0 Å². The zero-order valence-electron chi connectivity index (χ0n) is 11.3. The molecule has 1 rings (SSSR count). The van der Waals surface area contributed by atoms with Crippen molar-refractivity contribution in [3.05, 3.63) is 29.8 Å². The van der Waals surface area contributed by atoms with Gasteiger partial charge in [0, 0.05) is 12.1 Å². The van der Waals surface area contributed by atoms with E-state index in [4.69, 9.17) is 14.6 Å². The summed E-state index contributed by atoms with van der Waals surface area (Å²) >= 11 is 0. The Bertz CT molecular complexity index is 457. The van der Waals surface area contributed by atoms with Crippen LogP contribution in [-0.4, -0.2) is 37.9 Å². The molecule has 1 unspecified atom stereocenters. The van der Waals surface area contributed by atoms with Gasteiger partial charge in [-0.1, -0.05) is 6.07 Å². The average Bonchev–Trinajstić information content (AvgIpc) is 2.44. The molecule has 0 aromatic heterocycles. The Balaban J connectivity index is 2.74. The van der Waals surface area contributed by atoms with E-state index in [9.17, 15) is 4.79 Å². The van der Waals surface area contributed by atoms with Gasteiger partial charge in [-0.05, 0) is 30.7 Å². The fourth-order valence-electron chi connectivity index (χ4n) is 1.47. The third-order valence-corrected chi connectivity index (χ3v) is 2.50. The maximum absolute atomic E-state index is 11.5. The van der Waals surface area contributed by atoms with Crippen LogP contribution in [0.3, 0.4) is 0 Å². The number of amides is 1. The highest BCUT2D eigenvalue weighted by Gasteiger charge is 2.04. The van der Waals surface area contributed by atoms with Crippen LogP contribution in [0.25, 0.3) is 6.08 Å². The van der Waals surface area contributed by atoms with Crippen LogP contribution in [0.5, 0.6) is 11.5 Å². The Morgan fingerprint density at radius 2 is 2.05 bits per heavy atom. The largest absolute Gasteiger partial charge is 0.493 e. The van der Waals surface area contributed by atoms with E-state index in [1.54, 1.807) is 39.4 Å². The van der Waals surface area contributed by atoms with Gasteiger partial charge in [0.25, 0.3) is 0 Å². The van der Waals surface area contributed by atoms with E-state index in [0.29, 0.717) is 11.5 Å². The summed E-state index contributed by atoms with van der Waals surface area (Å²) in [7, 11) is 3.12. The molecule has 104 valence electrons. The van der Waals surface area contributed by atoms with E-state index < -0.39 is 0 Å². The normalized spacial score (nSPS) is 12.2. The number of aliphatic hydroxyl groups is 1. The molecule has 1 amide bonds. The van der Waals surface area contributed by atoms with Crippen LogP contribution in [0.2, 0.25) is 0 Å². The molecule has 0 heterocycles. The fraction of sp³-hybridized carbons (Fsp3) is 0.357. The van der Waals surface area contributed by atoms with Crippen LogP contribution < -0.4 is 14.8 Å². The number of hydrogen-bond donors (Lipinski definition) is 2. The zero-order valence-corrected chi connectivity index (χ0v) is 11.3. The predicted octanol–water partition coefficient (Wildman–Crippen LogP) is 1.21. The van der Waals surface area contributed by atoms with Crippen LogP contribution >= 0.6 is 0 Å². The molecule has 0 fully saturated rings. The number of carbonyl (C=O) groups is 1. The molecule has 1 aromatic carbocycles. The maximum Gasteiger partial charge on any atom is 0.244 e. The summed E-state index contributed by atoms with van der Waals surface area (Å²) in [4.78, 5) is 11.5. The minimum absolute atomic E-state index is 0.0874. The van der Waals surface area contributed by atoms with Crippen LogP contribution in [0, 0.1) is 0 Å². The Labute approximate surface area is 112 Å². The van der Waals surface area contributed by atoms with Crippen LogP contribution in [0.1, 0.15) is 12.5 Å². The van der Waals surface area contributed by atoms with Crippen LogP contribution in [-0.2, 0) is 4.79 Å². The SMILES string of the molecule is COc1ccc(/C=C/C(=O)NC(C)CO)cc1OC. The third kappa shape index (κ3) is 4.63. The van der Waals surface area contributed by atoms with Crippen molar-refractivity contribution < 1.29 is 19.4 Å². The Kier molecular flexibility index (Phi) is 5.89.